The van der Waals surface area contributed by atoms with Crippen molar-refractivity contribution in [3.8, 4) is 0 Å². The smallest absolute Gasteiger partial charge is 0.178 e. The first-order chi connectivity index (χ1) is 8.16. The molecule has 1 saturated heterocycles. The number of nitrogens with one attached hydrogen (secondary N) is 1. The average Bonchev–Trinajstić information content (AvgIpc) is 2.86. The summed E-state index contributed by atoms with van der Waals surface area (Å²) in [6, 6.07) is 3.94. The number of rotatable bonds is 1. The summed E-state index contributed by atoms with van der Waals surface area (Å²) in [4.78, 5) is 3.15. The second kappa shape index (κ2) is 4.28. The monoisotopic (exact) mass is 288 g/mol. The maximum Gasteiger partial charge on any atom is 0.178 e. The van der Waals surface area contributed by atoms with Crippen LogP contribution in [0, 0.1) is 4.77 Å². The number of nitrogens with zero attached hydrogens (tertiary/aromatic N) is 1. The van der Waals surface area contributed by atoms with Crippen molar-refractivity contribution in [2.75, 3.05) is 13.2 Å². The Morgan fingerprint density at radius 1 is 1.35 bits per heavy atom. The van der Waals surface area contributed by atoms with Crippen LogP contribution in [0.2, 0.25) is 10.0 Å². The van der Waals surface area contributed by atoms with Crippen molar-refractivity contribution in [2.45, 2.75) is 12.5 Å². The minimum atomic E-state index is 0.286. The molecule has 2 heterocycles. The van der Waals surface area contributed by atoms with Gasteiger partial charge >= 0.3 is 0 Å². The van der Waals surface area contributed by atoms with Crippen molar-refractivity contribution in [3.05, 3.63) is 26.9 Å². The first kappa shape index (κ1) is 11.5. The molecule has 17 heavy (non-hydrogen) atoms. The zero-order valence-corrected chi connectivity index (χ0v) is 11.2. The van der Waals surface area contributed by atoms with E-state index in [0.717, 1.165) is 24.1 Å². The van der Waals surface area contributed by atoms with Crippen LogP contribution < -0.4 is 0 Å². The van der Waals surface area contributed by atoms with Gasteiger partial charge in [-0.1, -0.05) is 23.2 Å². The highest BCUT2D eigenvalue weighted by molar-refractivity contribution is 7.71. The number of fused-ring (bicyclic) bond motifs is 1. The lowest BCUT2D eigenvalue weighted by atomic mass is 10.2. The van der Waals surface area contributed by atoms with E-state index in [-0.39, 0.29) is 6.04 Å². The SMILES string of the molecule is S=c1[nH]c2cc(Cl)c(Cl)cc2n1C1CCOC1. The first-order valence-electron chi connectivity index (χ1n) is 5.34. The van der Waals surface area contributed by atoms with Crippen molar-refractivity contribution in [3.63, 3.8) is 0 Å². The third kappa shape index (κ3) is 1.89. The van der Waals surface area contributed by atoms with E-state index >= 15 is 0 Å². The van der Waals surface area contributed by atoms with E-state index in [1.165, 1.54) is 0 Å². The van der Waals surface area contributed by atoms with Gasteiger partial charge in [0.1, 0.15) is 0 Å². The van der Waals surface area contributed by atoms with Crippen molar-refractivity contribution < 1.29 is 4.74 Å². The molecule has 0 radical (unpaired) electrons. The third-order valence-electron chi connectivity index (χ3n) is 3.03. The molecule has 1 aromatic heterocycles. The number of H-pyrrole nitrogens is 1. The van der Waals surface area contributed by atoms with Gasteiger partial charge in [0.2, 0.25) is 0 Å². The molecule has 1 atom stereocenters. The van der Waals surface area contributed by atoms with Gasteiger partial charge in [0.05, 0.1) is 33.7 Å². The molecular weight excluding hydrogens is 279 g/mol. The van der Waals surface area contributed by atoms with Gasteiger partial charge in [-0.15, -0.1) is 0 Å². The largest absolute Gasteiger partial charge is 0.379 e. The highest BCUT2D eigenvalue weighted by Crippen LogP contribution is 2.31. The molecule has 0 saturated carbocycles. The lowest BCUT2D eigenvalue weighted by molar-refractivity contribution is 0.187. The Morgan fingerprint density at radius 2 is 2.12 bits per heavy atom. The Hall–Kier alpha value is -0.550. The Labute approximate surface area is 113 Å². The van der Waals surface area contributed by atoms with E-state index in [1.54, 1.807) is 6.07 Å². The Kier molecular flexibility index (Phi) is 2.91. The first-order valence-corrected chi connectivity index (χ1v) is 6.50. The van der Waals surface area contributed by atoms with E-state index in [0.29, 0.717) is 21.4 Å². The van der Waals surface area contributed by atoms with Crippen LogP contribution in [0.25, 0.3) is 11.0 Å². The predicted molar refractivity (Wildman–Crippen MR) is 71.6 cm³/mol. The number of hydrogen-bond donors (Lipinski definition) is 1. The average molecular weight is 289 g/mol. The third-order valence-corrected chi connectivity index (χ3v) is 4.05. The highest BCUT2D eigenvalue weighted by Gasteiger charge is 2.21. The normalized spacial score (nSPS) is 20.2. The van der Waals surface area contributed by atoms with Gasteiger partial charge in [0, 0.05) is 6.61 Å². The lowest BCUT2D eigenvalue weighted by Crippen LogP contribution is -2.08. The van der Waals surface area contributed by atoms with Gasteiger partial charge in [0.15, 0.2) is 4.77 Å². The molecule has 1 aromatic carbocycles. The molecule has 2 aromatic rings. The van der Waals surface area contributed by atoms with Gasteiger partial charge < -0.3 is 14.3 Å². The predicted octanol–water partition coefficient (Wildman–Crippen LogP) is 3.97. The summed E-state index contributed by atoms with van der Waals surface area (Å²) in [6.45, 7) is 1.47. The fourth-order valence-corrected chi connectivity index (χ4v) is 2.89. The standard InChI is InChI=1S/C11H10Cl2N2OS/c12-7-3-9-10(4-8(7)13)15(11(17)14-9)6-1-2-16-5-6/h3-4,6H,1-2,5H2,(H,14,17). The van der Waals surface area contributed by atoms with E-state index in [1.807, 2.05) is 6.07 Å². The molecule has 1 aliphatic heterocycles. The fraction of sp³-hybridized carbons (Fsp3) is 0.364. The maximum atomic E-state index is 6.05. The van der Waals surface area contributed by atoms with Crippen LogP contribution in [0.4, 0.5) is 0 Å². The highest BCUT2D eigenvalue weighted by atomic mass is 35.5. The second-order valence-corrected chi connectivity index (χ2v) is 5.30. The number of aromatic amines is 1. The van der Waals surface area contributed by atoms with Gasteiger partial charge in [-0.25, -0.2) is 0 Å². The van der Waals surface area contributed by atoms with Crippen molar-refractivity contribution in [1.29, 1.82) is 0 Å². The summed E-state index contributed by atoms with van der Waals surface area (Å²) in [5.74, 6) is 0. The fourth-order valence-electron chi connectivity index (χ4n) is 2.21. The summed E-state index contributed by atoms with van der Waals surface area (Å²) in [6.07, 6.45) is 0.974. The van der Waals surface area contributed by atoms with Crippen LogP contribution in [0.15, 0.2) is 12.1 Å². The van der Waals surface area contributed by atoms with Crippen LogP contribution in [0.1, 0.15) is 12.5 Å². The van der Waals surface area contributed by atoms with Crippen LogP contribution >= 0.6 is 35.4 Å². The molecule has 0 spiro atoms. The molecule has 3 nitrogen and oxygen atoms in total. The summed E-state index contributed by atoms with van der Waals surface area (Å²) >= 11 is 17.4. The van der Waals surface area contributed by atoms with Crippen molar-refractivity contribution in [2.24, 2.45) is 0 Å². The van der Waals surface area contributed by atoms with E-state index in [9.17, 15) is 0 Å². The second-order valence-electron chi connectivity index (χ2n) is 4.10. The molecule has 1 fully saturated rings. The summed E-state index contributed by atoms with van der Waals surface area (Å²) in [5.41, 5.74) is 1.90. The van der Waals surface area contributed by atoms with Gasteiger partial charge in [-0.3, -0.25) is 0 Å². The molecule has 0 amide bonds. The Bertz CT molecular complexity index is 628. The Balaban J connectivity index is 2.26. The topological polar surface area (TPSA) is 29.9 Å². The van der Waals surface area contributed by atoms with Crippen LogP contribution in [-0.2, 0) is 4.74 Å². The molecule has 3 rings (SSSR count). The zero-order chi connectivity index (χ0) is 12.0. The number of aromatic nitrogens is 2. The summed E-state index contributed by atoms with van der Waals surface area (Å²) in [7, 11) is 0. The van der Waals surface area contributed by atoms with Crippen molar-refractivity contribution >= 4 is 46.5 Å². The number of imidazole rings is 1. The quantitative estimate of drug-likeness (QED) is 0.805. The molecule has 6 heteroatoms. The summed E-state index contributed by atoms with van der Waals surface area (Å²) < 4.78 is 8.16. The van der Waals surface area contributed by atoms with Gasteiger partial charge in [-0.05, 0) is 30.8 Å². The van der Waals surface area contributed by atoms with Gasteiger partial charge in [-0.2, -0.15) is 0 Å². The minimum Gasteiger partial charge on any atom is -0.379 e. The van der Waals surface area contributed by atoms with Crippen LogP contribution in [0.5, 0.6) is 0 Å². The number of hydrogen-bond acceptors (Lipinski definition) is 2. The molecule has 1 N–H and O–H groups in total. The maximum absolute atomic E-state index is 6.05. The van der Waals surface area contributed by atoms with Gasteiger partial charge in [0.25, 0.3) is 0 Å². The molecule has 90 valence electrons. The number of halogens is 2. The zero-order valence-electron chi connectivity index (χ0n) is 8.87. The lowest BCUT2D eigenvalue weighted by Gasteiger charge is -2.11. The van der Waals surface area contributed by atoms with Crippen LogP contribution in [0.3, 0.4) is 0 Å². The number of ether oxygens (including phenoxy) is 1. The molecular formula is C11H10Cl2N2OS. The molecule has 0 bridgehead atoms. The number of benzene rings is 1. The molecule has 1 aliphatic rings. The van der Waals surface area contributed by atoms with Crippen LogP contribution in [-0.4, -0.2) is 22.8 Å². The van der Waals surface area contributed by atoms with Crippen molar-refractivity contribution in [1.82, 2.24) is 9.55 Å². The summed E-state index contributed by atoms with van der Waals surface area (Å²) in [5, 5.41) is 1.08. The minimum absolute atomic E-state index is 0.286. The molecule has 0 aliphatic carbocycles. The van der Waals surface area contributed by atoms with E-state index < -0.39 is 0 Å². The van der Waals surface area contributed by atoms with E-state index in [4.69, 9.17) is 40.2 Å². The Morgan fingerprint density at radius 3 is 2.82 bits per heavy atom. The molecule has 1 unspecified atom stereocenters. The van der Waals surface area contributed by atoms with E-state index in [2.05, 4.69) is 9.55 Å².